The molecule has 0 atom stereocenters. The van der Waals surface area contributed by atoms with Gasteiger partial charge in [0.25, 0.3) is 0 Å². The van der Waals surface area contributed by atoms with Gasteiger partial charge in [-0.15, -0.1) is 0 Å². The summed E-state index contributed by atoms with van der Waals surface area (Å²) in [5.41, 5.74) is 4.28. The van der Waals surface area contributed by atoms with E-state index < -0.39 is 6.09 Å². The molecule has 130 valence electrons. The van der Waals surface area contributed by atoms with Gasteiger partial charge in [-0.3, -0.25) is 10.1 Å². The van der Waals surface area contributed by atoms with Gasteiger partial charge in [-0.25, -0.2) is 4.79 Å². The van der Waals surface area contributed by atoms with Crippen molar-refractivity contribution < 1.29 is 9.53 Å². The van der Waals surface area contributed by atoms with E-state index in [9.17, 15) is 9.59 Å². The van der Waals surface area contributed by atoms with Crippen molar-refractivity contribution in [3.63, 3.8) is 0 Å². The molecule has 2 aromatic carbocycles. The summed E-state index contributed by atoms with van der Waals surface area (Å²) in [7, 11) is 0. The van der Waals surface area contributed by atoms with Gasteiger partial charge in [0.05, 0.1) is 0 Å². The van der Waals surface area contributed by atoms with Crippen molar-refractivity contribution in [1.29, 1.82) is 0 Å². The van der Waals surface area contributed by atoms with E-state index in [-0.39, 0.29) is 28.8 Å². The second-order valence-electron chi connectivity index (χ2n) is 6.01. The SMILES string of the molecule is O=C(Nc1c[nH]c(Cl)cc1=O)OCC1c2ccccc2-c2ccccc21. The Balaban J connectivity index is 1.51. The molecule has 3 aromatic rings. The predicted octanol–water partition coefficient (Wildman–Crippen LogP) is 4.39. The first-order valence-corrected chi connectivity index (χ1v) is 8.51. The number of fused-ring (bicyclic) bond motifs is 3. The highest BCUT2D eigenvalue weighted by atomic mass is 35.5. The normalized spacial score (nSPS) is 12.3. The molecule has 0 bridgehead atoms. The number of benzene rings is 2. The molecule has 26 heavy (non-hydrogen) atoms. The molecule has 1 aliphatic rings. The lowest BCUT2D eigenvalue weighted by molar-refractivity contribution is 0.158. The number of aromatic amines is 1. The number of carbonyl (C=O) groups excluding carboxylic acids is 1. The van der Waals surface area contributed by atoms with Crippen LogP contribution in [0.1, 0.15) is 17.0 Å². The molecule has 0 saturated carbocycles. The van der Waals surface area contributed by atoms with E-state index in [0.29, 0.717) is 0 Å². The highest BCUT2D eigenvalue weighted by Crippen LogP contribution is 2.44. The van der Waals surface area contributed by atoms with Crippen LogP contribution < -0.4 is 10.7 Å². The Morgan fingerprint density at radius 3 is 2.31 bits per heavy atom. The molecule has 0 saturated heterocycles. The summed E-state index contributed by atoms with van der Waals surface area (Å²) in [5.74, 6) is -0.0309. The Morgan fingerprint density at radius 1 is 1.08 bits per heavy atom. The predicted molar refractivity (Wildman–Crippen MR) is 101 cm³/mol. The number of aromatic nitrogens is 1. The smallest absolute Gasteiger partial charge is 0.411 e. The molecule has 1 heterocycles. The van der Waals surface area contributed by atoms with Gasteiger partial charge in [-0.1, -0.05) is 60.1 Å². The zero-order valence-corrected chi connectivity index (χ0v) is 14.4. The zero-order valence-electron chi connectivity index (χ0n) is 13.7. The van der Waals surface area contributed by atoms with Crippen LogP contribution in [-0.2, 0) is 4.74 Å². The van der Waals surface area contributed by atoms with Gasteiger partial charge in [0.15, 0.2) is 0 Å². The van der Waals surface area contributed by atoms with Crippen molar-refractivity contribution in [3.8, 4) is 11.1 Å². The monoisotopic (exact) mass is 366 g/mol. The van der Waals surface area contributed by atoms with Crippen LogP contribution in [-0.4, -0.2) is 17.7 Å². The number of hydrogen-bond acceptors (Lipinski definition) is 3. The molecule has 2 N–H and O–H groups in total. The Hall–Kier alpha value is -3.05. The number of rotatable bonds is 3. The van der Waals surface area contributed by atoms with Crippen LogP contribution in [0.3, 0.4) is 0 Å². The maximum Gasteiger partial charge on any atom is 0.411 e. The molecule has 0 fully saturated rings. The number of carbonyl (C=O) groups is 1. The number of halogens is 1. The van der Waals surface area contributed by atoms with E-state index in [2.05, 4.69) is 22.4 Å². The number of nitrogens with one attached hydrogen (secondary N) is 2. The molecule has 4 rings (SSSR count). The maximum atomic E-state index is 12.1. The Kier molecular flexibility index (Phi) is 4.22. The lowest BCUT2D eigenvalue weighted by atomic mass is 9.98. The van der Waals surface area contributed by atoms with Gasteiger partial charge in [0.2, 0.25) is 5.43 Å². The molecule has 1 amide bonds. The molecule has 5 nitrogen and oxygen atoms in total. The van der Waals surface area contributed by atoms with Gasteiger partial charge in [-0.2, -0.15) is 0 Å². The molecule has 0 aliphatic heterocycles. The average molecular weight is 367 g/mol. The van der Waals surface area contributed by atoms with Crippen molar-refractivity contribution in [2.45, 2.75) is 5.92 Å². The van der Waals surface area contributed by atoms with E-state index in [1.165, 1.54) is 12.3 Å². The van der Waals surface area contributed by atoms with Crippen LogP contribution in [0.2, 0.25) is 5.15 Å². The fourth-order valence-electron chi connectivity index (χ4n) is 3.29. The molecular weight excluding hydrogens is 352 g/mol. The number of hydrogen-bond donors (Lipinski definition) is 2. The third-order valence-electron chi connectivity index (χ3n) is 4.46. The van der Waals surface area contributed by atoms with Crippen LogP contribution in [0, 0.1) is 0 Å². The van der Waals surface area contributed by atoms with Crippen molar-refractivity contribution >= 4 is 23.4 Å². The number of pyridine rings is 1. The summed E-state index contributed by atoms with van der Waals surface area (Å²) in [5, 5.41) is 2.65. The molecule has 0 unspecified atom stereocenters. The average Bonchev–Trinajstić information content (AvgIpc) is 2.96. The van der Waals surface area contributed by atoms with E-state index >= 15 is 0 Å². The van der Waals surface area contributed by atoms with Gasteiger partial charge in [0.1, 0.15) is 17.4 Å². The van der Waals surface area contributed by atoms with Crippen LogP contribution >= 0.6 is 11.6 Å². The molecule has 6 heteroatoms. The van der Waals surface area contributed by atoms with E-state index in [1.807, 2.05) is 36.4 Å². The fourth-order valence-corrected chi connectivity index (χ4v) is 3.44. The Morgan fingerprint density at radius 2 is 1.69 bits per heavy atom. The maximum absolute atomic E-state index is 12.1. The summed E-state index contributed by atoms with van der Waals surface area (Å²) in [4.78, 5) is 26.6. The fraction of sp³-hybridized carbons (Fsp3) is 0.100. The van der Waals surface area contributed by atoms with Crippen molar-refractivity contribution in [1.82, 2.24) is 4.98 Å². The molecule has 1 aromatic heterocycles. The minimum Gasteiger partial charge on any atom is -0.448 e. The zero-order chi connectivity index (χ0) is 18.1. The number of amides is 1. The lowest BCUT2D eigenvalue weighted by Crippen LogP contribution is -2.21. The van der Waals surface area contributed by atoms with Crippen molar-refractivity contribution in [2.24, 2.45) is 0 Å². The first kappa shape index (κ1) is 16.4. The first-order chi connectivity index (χ1) is 12.6. The van der Waals surface area contributed by atoms with Crippen LogP contribution in [0.4, 0.5) is 10.5 Å². The van der Waals surface area contributed by atoms with Gasteiger partial charge in [-0.05, 0) is 22.3 Å². The number of ether oxygens (including phenoxy) is 1. The summed E-state index contributed by atoms with van der Waals surface area (Å²) in [6.07, 6.45) is 0.659. The quantitative estimate of drug-likeness (QED) is 0.675. The Labute approximate surface area is 154 Å². The Bertz CT molecular complexity index is 999. The third-order valence-corrected chi connectivity index (χ3v) is 4.68. The molecule has 0 spiro atoms. The highest BCUT2D eigenvalue weighted by molar-refractivity contribution is 6.29. The minimum atomic E-state index is -0.681. The van der Waals surface area contributed by atoms with E-state index in [1.54, 1.807) is 0 Å². The van der Waals surface area contributed by atoms with E-state index in [0.717, 1.165) is 22.3 Å². The van der Waals surface area contributed by atoms with Crippen LogP contribution in [0.5, 0.6) is 0 Å². The minimum absolute atomic E-state index is 0.0309. The van der Waals surface area contributed by atoms with E-state index in [4.69, 9.17) is 16.3 Å². The van der Waals surface area contributed by atoms with Crippen LogP contribution in [0.15, 0.2) is 65.6 Å². The lowest BCUT2D eigenvalue weighted by Gasteiger charge is -2.14. The topological polar surface area (TPSA) is 71.2 Å². The van der Waals surface area contributed by atoms with Gasteiger partial charge >= 0.3 is 6.09 Å². The van der Waals surface area contributed by atoms with Crippen molar-refractivity contribution in [2.75, 3.05) is 11.9 Å². The van der Waals surface area contributed by atoms with Gasteiger partial charge in [0, 0.05) is 18.2 Å². The standard InChI is InChI=1S/C20H15ClN2O3/c21-19-9-18(24)17(10-22-19)23-20(25)26-11-16-14-7-3-1-5-12(14)13-6-2-4-8-15(13)16/h1-10,16H,11H2,(H,22,24)(H,23,25). The summed E-state index contributed by atoms with van der Waals surface area (Å²) in [6, 6.07) is 17.4. The molecule has 1 aliphatic carbocycles. The highest BCUT2D eigenvalue weighted by Gasteiger charge is 2.29. The molecular formula is C20H15ClN2O3. The first-order valence-electron chi connectivity index (χ1n) is 8.14. The second kappa shape index (κ2) is 6.69. The molecule has 0 radical (unpaired) electrons. The van der Waals surface area contributed by atoms with Crippen molar-refractivity contribution in [3.05, 3.63) is 87.3 Å². The summed E-state index contributed by atoms with van der Waals surface area (Å²) >= 11 is 5.70. The van der Waals surface area contributed by atoms with Crippen LogP contribution in [0.25, 0.3) is 11.1 Å². The van der Waals surface area contributed by atoms with Gasteiger partial charge < -0.3 is 9.72 Å². The number of anilines is 1. The summed E-state index contributed by atoms with van der Waals surface area (Å²) in [6.45, 7) is 0.186. The summed E-state index contributed by atoms with van der Waals surface area (Å²) < 4.78 is 5.39. The number of H-pyrrole nitrogens is 1. The second-order valence-corrected chi connectivity index (χ2v) is 6.42. The largest absolute Gasteiger partial charge is 0.448 e. The third kappa shape index (κ3) is 2.97.